The maximum absolute atomic E-state index is 13.1. The van der Waals surface area contributed by atoms with Gasteiger partial charge in [-0.3, -0.25) is 9.40 Å². The van der Waals surface area contributed by atoms with Gasteiger partial charge in [-0.2, -0.15) is 23.4 Å². The van der Waals surface area contributed by atoms with E-state index in [0.717, 1.165) is 30.6 Å². The summed E-state index contributed by atoms with van der Waals surface area (Å²) in [5, 5.41) is 8.26. The van der Waals surface area contributed by atoms with Crippen molar-refractivity contribution in [3.8, 4) is 11.7 Å². The zero-order chi connectivity index (χ0) is 22.4. The van der Waals surface area contributed by atoms with Crippen LogP contribution in [0.4, 0.5) is 18.9 Å². The Bertz CT molecular complexity index is 1360. The van der Waals surface area contributed by atoms with Gasteiger partial charge < -0.3 is 4.74 Å². The molecule has 0 bridgehead atoms. The third-order valence-electron chi connectivity index (χ3n) is 4.35. The molecule has 1 N–H and O–H groups in total. The first-order chi connectivity index (χ1) is 14.6. The number of nitrogens with one attached hydrogen (secondary N) is 1. The molecular formula is C17H14F3N7O3S. The molecule has 0 radical (unpaired) electrons. The number of ether oxygens (including phenoxy) is 1. The number of hydrogen-bond donors (Lipinski definition) is 1. The van der Waals surface area contributed by atoms with E-state index in [2.05, 4.69) is 24.9 Å². The topological polar surface area (TPSA) is 117 Å². The van der Waals surface area contributed by atoms with Crippen molar-refractivity contribution in [3.63, 3.8) is 0 Å². The van der Waals surface area contributed by atoms with Gasteiger partial charge in [-0.05, 0) is 18.2 Å². The van der Waals surface area contributed by atoms with Gasteiger partial charge in [-0.15, -0.1) is 0 Å². The van der Waals surface area contributed by atoms with Crippen LogP contribution >= 0.6 is 0 Å². The first kappa shape index (κ1) is 20.6. The van der Waals surface area contributed by atoms with Gasteiger partial charge in [-0.1, -0.05) is 0 Å². The molecule has 0 amide bonds. The molecule has 0 aliphatic carbocycles. The van der Waals surface area contributed by atoms with Crippen molar-refractivity contribution in [2.75, 3.05) is 11.8 Å². The quantitative estimate of drug-likeness (QED) is 0.493. The molecule has 31 heavy (non-hydrogen) atoms. The summed E-state index contributed by atoms with van der Waals surface area (Å²) < 4.78 is 74.6. The summed E-state index contributed by atoms with van der Waals surface area (Å²) >= 11 is 0. The third-order valence-corrected chi connectivity index (χ3v) is 5.68. The summed E-state index contributed by atoms with van der Waals surface area (Å²) in [6.45, 7) is 0. The highest BCUT2D eigenvalue weighted by atomic mass is 32.2. The van der Waals surface area contributed by atoms with Gasteiger partial charge in [0.15, 0.2) is 5.82 Å². The molecule has 4 aromatic heterocycles. The van der Waals surface area contributed by atoms with E-state index >= 15 is 0 Å². The number of aromatic nitrogens is 6. The van der Waals surface area contributed by atoms with Crippen LogP contribution in [0.2, 0.25) is 0 Å². The second-order valence-electron chi connectivity index (χ2n) is 6.30. The number of alkyl halides is 3. The molecule has 4 rings (SSSR count). The van der Waals surface area contributed by atoms with Crippen LogP contribution < -0.4 is 9.46 Å². The number of rotatable bonds is 5. The maximum atomic E-state index is 13.1. The minimum atomic E-state index is -4.64. The molecule has 0 unspecified atom stereocenters. The van der Waals surface area contributed by atoms with Crippen molar-refractivity contribution in [3.05, 3.63) is 48.7 Å². The highest BCUT2D eigenvalue weighted by Gasteiger charge is 2.35. The number of aryl methyl sites for hydroxylation is 1. The monoisotopic (exact) mass is 453 g/mol. The van der Waals surface area contributed by atoms with Crippen LogP contribution in [0, 0.1) is 0 Å². The van der Waals surface area contributed by atoms with Crippen molar-refractivity contribution >= 4 is 26.6 Å². The normalized spacial score (nSPS) is 12.3. The highest BCUT2D eigenvalue weighted by Crippen LogP contribution is 2.33. The van der Waals surface area contributed by atoms with E-state index in [1.54, 1.807) is 7.05 Å². The van der Waals surface area contributed by atoms with Crippen LogP contribution in [0.5, 0.6) is 5.88 Å². The molecule has 0 aliphatic heterocycles. The smallest absolute Gasteiger partial charge is 0.433 e. The minimum Gasteiger partial charge on any atom is -0.479 e. The van der Waals surface area contributed by atoms with Crippen LogP contribution in [0.15, 0.2) is 47.9 Å². The Labute approximate surface area is 173 Å². The Morgan fingerprint density at radius 2 is 1.84 bits per heavy atom. The van der Waals surface area contributed by atoms with Crippen molar-refractivity contribution in [2.24, 2.45) is 7.05 Å². The number of fused-ring (bicyclic) bond motifs is 1. The molecule has 4 heterocycles. The lowest BCUT2D eigenvalue weighted by Crippen LogP contribution is -2.17. The summed E-state index contributed by atoms with van der Waals surface area (Å²) in [6.07, 6.45) is 0.263. The molecule has 0 aliphatic rings. The molecule has 10 nitrogen and oxygen atoms in total. The molecule has 0 spiro atoms. The lowest BCUT2D eigenvalue weighted by atomic mass is 10.3. The fourth-order valence-electron chi connectivity index (χ4n) is 2.95. The van der Waals surface area contributed by atoms with Gasteiger partial charge in [0, 0.05) is 24.8 Å². The van der Waals surface area contributed by atoms with Crippen molar-refractivity contribution in [2.45, 2.75) is 11.1 Å². The van der Waals surface area contributed by atoms with Gasteiger partial charge in [0.2, 0.25) is 5.88 Å². The third kappa shape index (κ3) is 3.65. The number of anilines is 1. The van der Waals surface area contributed by atoms with Gasteiger partial charge in [-0.25, -0.2) is 23.1 Å². The maximum Gasteiger partial charge on any atom is 0.433 e. The summed E-state index contributed by atoms with van der Waals surface area (Å²) in [5.74, 6) is -0.167. The average Bonchev–Trinajstić information content (AvgIpc) is 3.35. The minimum absolute atomic E-state index is 0.0237. The predicted octanol–water partition coefficient (Wildman–Crippen LogP) is 2.38. The largest absolute Gasteiger partial charge is 0.479 e. The summed E-state index contributed by atoms with van der Waals surface area (Å²) in [6, 6.07) is 3.04. The molecule has 4 aromatic rings. The molecule has 0 fully saturated rings. The fourth-order valence-corrected chi connectivity index (χ4v) is 3.96. The van der Waals surface area contributed by atoms with Crippen LogP contribution in [0.1, 0.15) is 5.69 Å². The van der Waals surface area contributed by atoms with E-state index < -0.39 is 21.9 Å². The van der Waals surface area contributed by atoms with Gasteiger partial charge >= 0.3 is 6.18 Å². The van der Waals surface area contributed by atoms with Gasteiger partial charge in [0.25, 0.3) is 10.0 Å². The zero-order valence-electron chi connectivity index (χ0n) is 16.0. The summed E-state index contributed by atoms with van der Waals surface area (Å²) in [7, 11) is -1.22. The second kappa shape index (κ2) is 7.23. The second-order valence-corrected chi connectivity index (χ2v) is 7.98. The molecule has 0 saturated carbocycles. The van der Waals surface area contributed by atoms with Crippen LogP contribution in [0.3, 0.4) is 0 Å². The SMILES string of the molecule is COc1ncc2cnn(C)c2c1NS(=O)(=O)c1ccc(-n2nccc2C(F)(F)F)nc1. The van der Waals surface area contributed by atoms with E-state index in [1.165, 1.54) is 24.2 Å². The number of pyridine rings is 2. The van der Waals surface area contributed by atoms with Crippen LogP contribution in [0.25, 0.3) is 16.7 Å². The Morgan fingerprint density at radius 3 is 2.48 bits per heavy atom. The zero-order valence-corrected chi connectivity index (χ0v) is 16.8. The molecular weight excluding hydrogens is 439 g/mol. The lowest BCUT2D eigenvalue weighted by Gasteiger charge is -2.13. The van der Waals surface area contributed by atoms with Crippen LogP contribution in [-0.2, 0) is 23.2 Å². The van der Waals surface area contributed by atoms with Crippen molar-refractivity contribution in [1.82, 2.24) is 29.5 Å². The van der Waals surface area contributed by atoms with E-state index in [0.29, 0.717) is 15.6 Å². The van der Waals surface area contributed by atoms with Gasteiger partial charge in [0.05, 0.1) is 25.0 Å². The van der Waals surface area contributed by atoms with E-state index in [9.17, 15) is 21.6 Å². The predicted molar refractivity (Wildman–Crippen MR) is 102 cm³/mol. The number of halogens is 3. The number of methoxy groups -OCH3 is 1. The van der Waals surface area contributed by atoms with Gasteiger partial charge in [0.1, 0.15) is 16.3 Å². The molecule has 162 valence electrons. The Kier molecular flexibility index (Phi) is 4.80. The van der Waals surface area contributed by atoms with Crippen molar-refractivity contribution < 1.29 is 26.3 Å². The summed E-state index contributed by atoms with van der Waals surface area (Å²) in [4.78, 5) is 7.61. The fraction of sp³-hybridized carbons (Fsp3) is 0.176. The molecule has 0 aromatic carbocycles. The average molecular weight is 453 g/mol. The molecule has 14 heteroatoms. The Morgan fingerprint density at radius 1 is 1.06 bits per heavy atom. The standard InChI is InChI=1S/C17H14F3N7O3S/c1-26-15-10(8-24-26)7-22-16(30-2)14(15)25-31(28,29)11-3-4-13(21-9-11)27-12(5-6-23-27)17(18,19)20/h3-9,25H,1-2H3. The molecule has 0 atom stereocenters. The van der Waals surface area contributed by atoms with Crippen molar-refractivity contribution in [1.29, 1.82) is 0 Å². The number of hydrogen-bond acceptors (Lipinski definition) is 7. The first-order valence-electron chi connectivity index (χ1n) is 8.57. The first-order valence-corrected chi connectivity index (χ1v) is 10.1. The van der Waals surface area contributed by atoms with E-state index in [-0.39, 0.29) is 22.3 Å². The van der Waals surface area contributed by atoms with E-state index in [1.807, 2.05) is 0 Å². The van der Waals surface area contributed by atoms with E-state index in [4.69, 9.17) is 4.74 Å². The lowest BCUT2D eigenvalue weighted by molar-refractivity contribution is -0.142. The summed E-state index contributed by atoms with van der Waals surface area (Å²) in [5.41, 5.74) is -0.533. The number of nitrogens with zero attached hydrogens (tertiary/aromatic N) is 6. The Hall–Kier alpha value is -3.68. The Balaban J connectivity index is 1.71. The van der Waals surface area contributed by atoms with Crippen LogP contribution in [-0.4, -0.2) is 45.1 Å². The molecule has 0 saturated heterocycles. The number of sulfonamides is 1. The highest BCUT2D eigenvalue weighted by molar-refractivity contribution is 7.92.